The van der Waals surface area contributed by atoms with Gasteiger partial charge in [0.25, 0.3) is 0 Å². The van der Waals surface area contributed by atoms with Gasteiger partial charge in [-0.2, -0.15) is 0 Å². The van der Waals surface area contributed by atoms with E-state index in [1.165, 1.54) is 4.31 Å². The number of nitrogens with zero attached hydrogens (tertiary/aromatic N) is 1. The molecule has 0 aromatic heterocycles. The Kier molecular flexibility index (Phi) is 8.07. The standard InChI is InChI=1S/C24H34N2O3S/c1-7-23(26(30(6,28)29)21-14-13-18(4)19(5)16-21)24(27)25-22(15-17(2)3)20-11-9-8-10-12-20/h8-14,16-17,22-23H,7,15H2,1-6H3,(H,25,27)/t22-,23-/m0/s1. The first-order chi connectivity index (χ1) is 14.0. The summed E-state index contributed by atoms with van der Waals surface area (Å²) in [5.41, 5.74) is 3.60. The highest BCUT2D eigenvalue weighted by Gasteiger charge is 2.33. The van der Waals surface area contributed by atoms with Crippen LogP contribution in [0, 0.1) is 19.8 Å². The number of nitrogens with one attached hydrogen (secondary N) is 1. The van der Waals surface area contributed by atoms with Crippen LogP contribution in [0.4, 0.5) is 5.69 Å². The molecule has 2 aromatic carbocycles. The van der Waals surface area contributed by atoms with Crippen molar-refractivity contribution in [1.82, 2.24) is 5.32 Å². The molecule has 0 aliphatic heterocycles. The van der Waals surface area contributed by atoms with Crippen LogP contribution in [0.2, 0.25) is 0 Å². The molecule has 164 valence electrons. The van der Waals surface area contributed by atoms with Crippen molar-refractivity contribution in [1.29, 1.82) is 0 Å². The summed E-state index contributed by atoms with van der Waals surface area (Å²) in [6, 6.07) is 14.3. The smallest absolute Gasteiger partial charge is 0.244 e. The van der Waals surface area contributed by atoms with Gasteiger partial charge in [-0.15, -0.1) is 0 Å². The van der Waals surface area contributed by atoms with Crippen molar-refractivity contribution in [2.75, 3.05) is 10.6 Å². The third kappa shape index (κ3) is 6.08. The molecule has 6 heteroatoms. The fraction of sp³-hybridized carbons (Fsp3) is 0.458. The van der Waals surface area contributed by atoms with E-state index < -0.39 is 16.1 Å². The van der Waals surface area contributed by atoms with Gasteiger partial charge >= 0.3 is 0 Å². The van der Waals surface area contributed by atoms with E-state index in [1.807, 2.05) is 63.2 Å². The Balaban J connectivity index is 2.39. The van der Waals surface area contributed by atoms with Crippen LogP contribution in [0.15, 0.2) is 48.5 Å². The maximum atomic E-state index is 13.3. The number of rotatable bonds is 9. The zero-order chi connectivity index (χ0) is 22.5. The van der Waals surface area contributed by atoms with E-state index in [9.17, 15) is 13.2 Å². The fourth-order valence-corrected chi connectivity index (χ4v) is 4.83. The second-order valence-electron chi connectivity index (χ2n) is 8.35. The van der Waals surface area contributed by atoms with Gasteiger partial charge in [0.2, 0.25) is 15.9 Å². The Bertz CT molecular complexity index is 956. The molecule has 0 bridgehead atoms. The van der Waals surface area contributed by atoms with Gasteiger partial charge in [-0.05, 0) is 61.4 Å². The predicted octanol–water partition coefficient (Wildman–Crippen LogP) is 4.75. The van der Waals surface area contributed by atoms with Gasteiger partial charge in [0, 0.05) is 0 Å². The summed E-state index contributed by atoms with van der Waals surface area (Å²) in [4.78, 5) is 13.3. The maximum Gasteiger partial charge on any atom is 0.244 e. The van der Waals surface area contributed by atoms with Crippen LogP contribution in [-0.4, -0.2) is 26.6 Å². The summed E-state index contributed by atoms with van der Waals surface area (Å²) >= 11 is 0. The van der Waals surface area contributed by atoms with Crippen molar-refractivity contribution in [3.8, 4) is 0 Å². The Morgan fingerprint density at radius 3 is 2.17 bits per heavy atom. The van der Waals surface area contributed by atoms with Crippen molar-refractivity contribution in [2.24, 2.45) is 5.92 Å². The molecule has 1 N–H and O–H groups in total. The second kappa shape index (κ2) is 10.1. The number of aryl methyl sites for hydroxylation is 2. The van der Waals surface area contributed by atoms with Gasteiger partial charge in [0.1, 0.15) is 6.04 Å². The minimum absolute atomic E-state index is 0.172. The van der Waals surface area contributed by atoms with Crippen molar-refractivity contribution in [2.45, 2.75) is 59.5 Å². The Labute approximate surface area is 181 Å². The molecule has 0 fully saturated rings. The number of anilines is 1. The van der Waals surface area contributed by atoms with E-state index >= 15 is 0 Å². The van der Waals surface area contributed by atoms with Crippen molar-refractivity contribution < 1.29 is 13.2 Å². The molecule has 0 aliphatic carbocycles. The van der Waals surface area contributed by atoms with Crippen molar-refractivity contribution in [3.05, 3.63) is 65.2 Å². The molecule has 0 saturated heterocycles. The first kappa shape index (κ1) is 23.9. The normalized spacial score (nSPS) is 13.7. The van der Waals surface area contributed by atoms with Gasteiger partial charge < -0.3 is 5.32 Å². The highest BCUT2D eigenvalue weighted by atomic mass is 32.2. The second-order valence-corrected chi connectivity index (χ2v) is 10.2. The first-order valence-electron chi connectivity index (χ1n) is 10.5. The number of benzene rings is 2. The molecule has 30 heavy (non-hydrogen) atoms. The molecule has 2 atom stereocenters. The molecule has 2 aromatic rings. The van der Waals surface area contributed by atoms with Crippen molar-refractivity contribution in [3.63, 3.8) is 0 Å². The molecule has 2 rings (SSSR count). The third-order valence-electron chi connectivity index (χ3n) is 5.30. The summed E-state index contributed by atoms with van der Waals surface area (Å²) < 4.78 is 26.7. The monoisotopic (exact) mass is 430 g/mol. The highest BCUT2D eigenvalue weighted by molar-refractivity contribution is 7.92. The van der Waals surface area contributed by atoms with Crippen LogP contribution in [-0.2, 0) is 14.8 Å². The van der Waals surface area contributed by atoms with E-state index in [4.69, 9.17) is 0 Å². The Morgan fingerprint density at radius 1 is 1.03 bits per heavy atom. The molecule has 0 radical (unpaired) electrons. The molecule has 0 spiro atoms. The zero-order valence-electron chi connectivity index (χ0n) is 18.8. The van der Waals surface area contributed by atoms with E-state index in [1.54, 1.807) is 6.07 Å². The number of sulfonamides is 1. The topological polar surface area (TPSA) is 66.5 Å². The van der Waals surface area contributed by atoms with Gasteiger partial charge in [-0.1, -0.05) is 57.2 Å². The van der Waals surface area contributed by atoms with Crippen LogP contribution in [0.5, 0.6) is 0 Å². The largest absolute Gasteiger partial charge is 0.347 e. The summed E-state index contributed by atoms with van der Waals surface area (Å²) in [7, 11) is -3.65. The lowest BCUT2D eigenvalue weighted by Gasteiger charge is -2.32. The van der Waals surface area contributed by atoms with Crippen LogP contribution < -0.4 is 9.62 Å². The third-order valence-corrected chi connectivity index (χ3v) is 6.48. The van der Waals surface area contributed by atoms with Crippen LogP contribution >= 0.6 is 0 Å². The molecule has 1 amide bonds. The number of amides is 1. The SMILES string of the molecule is CC[C@@H](C(=O)N[C@@H](CC(C)C)c1ccccc1)N(c1ccc(C)c(C)c1)S(C)(=O)=O. The summed E-state index contributed by atoms with van der Waals surface area (Å²) in [5, 5.41) is 3.12. The molecule has 5 nitrogen and oxygen atoms in total. The molecule has 0 heterocycles. The summed E-state index contributed by atoms with van der Waals surface area (Å²) in [6.45, 7) is 9.97. The van der Waals surface area contributed by atoms with E-state index in [2.05, 4.69) is 19.2 Å². The fourth-order valence-electron chi connectivity index (χ4n) is 3.63. The van der Waals surface area contributed by atoms with Crippen LogP contribution in [0.1, 0.15) is 56.3 Å². The average Bonchev–Trinajstić information content (AvgIpc) is 2.67. The summed E-state index contributed by atoms with van der Waals surface area (Å²) in [6.07, 6.45) is 2.30. The van der Waals surface area contributed by atoms with E-state index in [0.717, 1.165) is 29.4 Å². The van der Waals surface area contributed by atoms with Gasteiger partial charge in [-0.3, -0.25) is 9.10 Å². The lowest BCUT2D eigenvalue weighted by atomic mass is 9.96. The Hall–Kier alpha value is -2.34. The van der Waals surface area contributed by atoms with Gasteiger partial charge in [0.15, 0.2) is 0 Å². The molecule has 0 unspecified atom stereocenters. The van der Waals surface area contributed by atoms with Crippen molar-refractivity contribution >= 4 is 21.6 Å². The number of hydrogen-bond acceptors (Lipinski definition) is 3. The maximum absolute atomic E-state index is 13.3. The van der Waals surface area contributed by atoms with E-state index in [0.29, 0.717) is 18.0 Å². The summed E-state index contributed by atoms with van der Waals surface area (Å²) in [5.74, 6) is 0.0944. The molecule has 0 saturated carbocycles. The zero-order valence-corrected chi connectivity index (χ0v) is 19.7. The predicted molar refractivity (Wildman–Crippen MR) is 124 cm³/mol. The van der Waals surface area contributed by atoms with E-state index in [-0.39, 0.29) is 11.9 Å². The highest BCUT2D eigenvalue weighted by Crippen LogP contribution is 2.27. The van der Waals surface area contributed by atoms with Gasteiger partial charge in [-0.25, -0.2) is 8.42 Å². The number of carbonyl (C=O) groups is 1. The lowest BCUT2D eigenvalue weighted by Crippen LogP contribution is -2.50. The molecule has 0 aliphatic rings. The first-order valence-corrected chi connectivity index (χ1v) is 12.3. The van der Waals surface area contributed by atoms with Crippen LogP contribution in [0.3, 0.4) is 0 Å². The molecular weight excluding hydrogens is 396 g/mol. The van der Waals surface area contributed by atoms with Crippen LogP contribution in [0.25, 0.3) is 0 Å². The average molecular weight is 431 g/mol. The van der Waals surface area contributed by atoms with Gasteiger partial charge in [0.05, 0.1) is 18.0 Å². The minimum atomic E-state index is -3.65. The quantitative estimate of drug-likeness (QED) is 0.624. The number of carbonyl (C=O) groups excluding carboxylic acids is 1. The Morgan fingerprint density at radius 2 is 1.67 bits per heavy atom. The minimum Gasteiger partial charge on any atom is -0.347 e. The molecular formula is C24H34N2O3S. The number of hydrogen-bond donors (Lipinski definition) is 1. The lowest BCUT2D eigenvalue weighted by molar-refractivity contribution is -0.123.